The van der Waals surface area contributed by atoms with Crippen molar-refractivity contribution in [2.75, 3.05) is 26.6 Å². The van der Waals surface area contributed by atoms with Gasteiger partial charge in [0.15, 0.2) is 0 Å². The van der Waals surface area contributed by atoms with E-state index in [0.29, 0.717) is 6.61 Å². The van der Waals surface area contributed by atoms with Crippen LogP contribution in [0.4, 0.5) is 0 Å². The molecule has 0 unspecified atom stereocenters. The van der Waals surface area contributed by atoms with Gasteiger partial charge in [-0.05, 0) is 6.92 Å². The number of sulfonamides is 1. The normalized spacial score (nSPS) is 12.4. The van der Waals surface area contributed by atoms with Crippen molar-refractivity contribution in [2.45, 2.75) is 6.92 Å². The fourth-order valence-corrected chi connectivity index (χ4v) is 0.525. The lowest BCUT2D eigenvalue weighted by Crippen LogP contribution is -2.28. The average molecular weight is 183 g/mol. The number of nitrogens with zero attached hydrogens (tertiary/aromatic N) is 1. The molecule has 0 saturated carbocycles. The zero-order valence-electron chi connectivity index (χ0n) is 6.90. The van der Waals surface area contributed by atoms with Crippen LogP contribution >= 0.6 is 0 Å². The van der Waals surface area contributed by atoms with E-state index in [0.717, 1.165) is 10.6 Å². The zero-order chi connectivity index (χ0) is 8.91. The highest BCUT2D eigenvalue weighted by Gasteiger charge is 2.09. The van der Waals surface area contributed by atoms with Gasteiger partial charge in [-0.15, -0.1) is 0 Å². The second kappa shape index (κ2) is 4.66. The molecule has 6 heteroatoms. The Kier molecular flexibility index (Phi) is 4.58. The Morgan fingerprint density at radius 3 is 2.27 bits per heavy atom. The van der Waals surface area contributed by atoms with E-state index >= 15 is 0 Å². The van der Waals surface area contributed by atoms with E-state index in [1.807, 2.05) is 0 Å². The molecule has 0 aliphatic carbocycles. The Balaban J connectivity index is 3.62. The van der Waals surface area contributed by atoms with Crippen molar-refractivity contribution >= 4 is 10.0 Å². The molecule has 0 aromatic carbocycles. The summed E-state index contributed by atoms with van der Waals surface area (Å²) in [6.45, 7) is 2.07. The highest BCUT2D eigenvalue weighted by Crippen LogP contribution is 1.92. The Bertz CT molecular complexity index is 189. The first-order chi connectivity index (χ1) is 4.98. The molecule has 0 amide bonds. The number of hydrogen-bond acceptors (Lipinski definition) is 4. The summed E-state index contributed by atoms with van der Waals surface area (Å²) in [6.07, 6.45) is 1.10. The van der Waals surface area contributed by atoms with Gasteiger partial charge in [-0.25, -0.2) is 18.2 Å². The summed E-state index contributed by atoms with van der Waals surface area (Å²) >= 11 is 0. The van der Waals surface area contributed by atoms with Gasteiger partial charge in [-0.2, -0.15) is 4.31 Å². The Hall–Kier alpha value is -0.170. The Morgan fingerprint density at radius 2 is 1.91 bits per heavy atom. The molecule has 0 spiro atoms. The van der Waals surface area contributed by atoms with E-state index in [-0.39, 0.29) is 6.73 Å². The predicted molar refractivity (Wildman–Crippen MR) is 40.2 cm³/mol. The van der Waals surface area contributed by atoms with Gasteiger partial charge < -0.3 is 0 Å². The van der Waals surface area contributed by atoms with E-state index in [1.54, 1.807) is 6.92 Å². The predicted octanol–water partition coefficient (Wildman–Crippen LogP) is -0.197. The standard InChI is InChI=1S/C5H13NO4S/c1-4-9-10-5-6(2)11(3,7)8/h4-5H2,1-3H3. The van der Waals surface area contributed by atoms with Crippen LogP contribution in [0.1, 0.15) is 6.92 Å². The molecular formula is C5H13NO4S. The summed E-state index contributed by atoms with van der Waals surface area (Å²) in [6, 6.07) is 0. The number of hydrogen-bond donors (Lipinski definition) is 0. The first kappa shape index (κ1) is 10.8. The minimum atomic E-state index is -3.15. The lowest BCUT2D eigenvalue weighted by atomic mass is 10.9. The van der Waals surface area contributed by atoms with Gasteiger partial charge >= 0.3 is 0 Å². The fourth-order valence-electron chi connectivity index (χ4n) is 0.291. The van der Waals surface area contributed by atoms with Crippen molar-refractivity contribution in [3.05, 3.63) is 0 Å². The molecule has 0 fully saturated rings. The highest BCUT2D eigenvalue weighted by molar-refractivity contribution is 7.88. The van der Waals surface area contributed by atoms with Crippen LogP contribution in [0.2, 0.25) is 0 Å². The Morgan fingerprint density at radius 1 is 1.36 bits per heavy atom. The second-order valence-electron chi connectivity index (χ2n) is 2.01. The molecule has 0 bridgehead atoms. The lowest BCUT2D eigenvalue weighted by molar-refractivity contribution is -0.303. The topological polar surface area (TPSA) is 55.8 Å². The molecule has 11 heavy (non-hydrogen) atoms. The minimum absolute atomic E-state index is 0.0767. The van der Waals surface area contributed by atoms with Gasteiger partial charge in [0, 0.05) is 7.05 Å². The highest BCUT2D eigenvalue weighted by atomic mass is 32.2. The molecule has 0 saturated heterocycles. The molecule has 0 radical (unpaired) electrons. The van der Waals surface area contributed by atoms with E-state index in [9.17, 15) is 8.42 Å². The fraction of sp³-hybridized carbons (Fsp3) is 1.00. The van der Waals surface area contributed by atoms with Crippen LogP contribution in [0.3, 0.4) is 0 Å². The van der Waals surface area contributed by atoms with Crippen LogP contribution in [-0.4, -0.2) is 39.4 Å². The van der Waals surface area contributed by atoms with Crippen molar-refractivity contribution in [1.82, 2.24) is 4.31 Å². The van der Waals surface area contributed by atoms with Gasteiger partial charge in [-0.1, -0.05) is 0 Å². The number of rotatable bonds is 5. The summed E-state index contributed by atoms with van der Waals surface area (Å²) < 4.78 is 22.5. The summed E-state index contributed by atoms with van der Waals surface area (Å²) in [5.41, 5.74) is 0. The van der Waals surface area contributed by atoms with E-state index in [1.165, 1.54) is 7.05 Å². The van der Waals surface area contributed by atoms with Gasteiger partial charge in [0.25, 0.3) is 0 Å². The third kappa shape index (κ3) is 5.14. The summed E-state index contributed by atoms with van der Waals surface area (Å²) in [5.74, 6) is 0. The van der Waals surface area contributed by atoms with Gasteiger partial charge in [0.05, 0.1) is 12.9 Å². The van der Waals surface area contributed by atoms with Crippen LogP contribution in [0.15, 0.2) is 0 Å². The van der Waals surface area contributed by atoms with Crippen molar-refractivity contribution in [2.24, 2.45) is 0 Å². The SMILES string of the molecule is CCOOCN(C)S(C)(=O)=O. The molecule has 0 aromatic rings. The van der Waals surface area contributed by atoms with Crippen molar-refractivity contribution in [3.63, 3.8) is 0 Å². The second-order valence-corrected chi connectivity index (χ2v) is 4.10. The third-order valence-electron chi connectivity index (χ3n) is 1.00. The van der Waals surface area contributed by atoms with Crippen molar-refractivity contribution in [1.29, 1.82) is 0 Å². The molecule has 0 aliphatic heterocycles. The maximum atomic E-state index is 10.7. The Labute approximate surface area is 66.9 Å². The molecule has 68 valence electrons. The van der Waals surface area contributed by atoms with Crippen molar-refractivity contribution in [3.8, 4) is 0 Å². The maximum Gasteiger partial charge on any atom is 0.213 e. The zero-order valence-corrected chi connectivity index (χ0v) is 7.72. The van der Waals surface area contributed by atoms with Crippen LogP contribution in [0.25, 0.3) is 0 Å². The minimum Gasteiger partial charge on any atom is -0.236 e. The van der Waals surface area contributed by atoms with Crippen LogP contribution in [0, 0.1) is 0 Å². The quantitative estimate of drug-likeness (QED) is 0.256. The van der Waals surface area contributed by atoms with E-state index in [2.05, 4.69) is 9.78 Å². The largest absolute Gasteiger partial charge is 0.236 e. The van der Waals surface area contributed by atoms with Gasteiger partial charge in [-0.3, -0.25) is 0 Å². The molecule has 0 rings (SSSR count). The monoisotopic (exact) mass is 183 g/mol. The summed E-state index contributed by atoms with van der Waals surface area (Å²) in [4.78, 5) is 9.01. The summed E-state index contributed by atoms with van der Waals surface area (Å²) in [7, 11) is -1.74. The first-order valence-corrected chi connectivity index (χ1v) is 4.99. The maximum absolute atomic E-state index is 10.7. The third-order valence-corrected chi connectivity index (χ3v) is 2.24. The molecule has 0 aliphatic rings. The van der Waals surface area contributed by atoms with Crippen molar-refractivity contribution < 1.29 is 18.2 Å². The molecular weight excluding hydrogens is 170 g/mol. The smallest absolute Gasteiger partial charge is 0.213 e. The average Bonchev–Trinajstić information content (AvgIpc) is 1.86. The van der Waals surface area contributed by atoms with Gasteiger partial charge in [0.2, 0.25) is 10.0 Å². The first-order valence-electron chi connectivity index (χ1n) is 3.14. The lowest BCUT2D eigenvalue weighted by Gasteiger charge is -2.12. The molecule has 0 heterocycles. The van der Waals surface area contributed by atoms with E-state index < -0.39 is 10.0 Å². The van der Waals surface area contributed by atoms with Crippen LogP contribution in [0.5, 0.6) is 0 Å². The molecule has 0 aromatic heterocycles. The van der Waals surface area contributed by atoms with Crippen LogP contribution < -0.4 is 0 Å². The van der Waals surface area contributed by atoms with Gasteiger partial charge in [0.1, 0.15) is 6.73 Å². The van der Waals surface area contributed by atoms with Crippen LogP contribution in [-0.2, 0) is 19.8 Å². The van der Waals surface area contributed by atoms with E-state index in [4.69, 9.17) is 0 Å². The molecule has 5 nitrogen and oxygen atoms in total. The molecule has 0 atom stereocenters. The summed E-state index contributed by atoms with van der Waals surface area (Å²) in [5, 5.41) is 0. The molecule has 0 N–H and O–H groups in total.